The van der Waals surface area contributed by atoms with Crippen molar-refractivity contribution in [1.29, 1.82) is 0 Å². The van der Waals surface area contributed by atoms with Crippen LogP contribution in [0, 0.1) is 0 Å². The highest BCUT2D eigenvalue weighted by Crippen LogP contribution is 2.17. The Hall–Kier alpha value is -2.81. The number of imidazole rings is 1. The number of aromatic nitrogens is 4. The fourth-order valence-corrected chi connectivity index (χ4v) is 2.49. The SMILES string of the molecule is Nc1nc2nc(SCC(=O)Nc3ccccc3)[nH]c2c(=O)[nH]1. The van der Waals surface area contributed by atoms with E-state index in [9.17, 15) is 9.59 Å². The van der Waals surface area contributed by atoms with Gasteiger partial charge in [0, 0.05) is 5.69 Å². The maximum atomic E-state index is 11.8. The Balaban J connectivity index is 1.68. The van der Waals surface area contributed by atoms with E-state index in [1.165, 1.54) is 11.8 Å². The largest absolute Gasteiger partial charge is 0.369 e. The Morgan fingerprint density at radius 3 is 2.77 bits per heavy atom. The number of hydrogen-bond acceptors (Lipinski definition) is 6. The number of carbonyl (C=O) groups is 1. The number of para-hydroxylation sites is 1. The van der Waals surface area contributed by atoms with Gasteiger partial charge in [-0.25, -0.2) is 4.98 Å². The van der Waals surface area contributed by atoms with Crippen molar-refractivity contribution in [2.75, 3.05) is 16.8 Å². The molecule has 8 nitrogen and oxygen atoms in total. The number of anilines is 2. The third kappa shape index (κ3) is 3.09. The number of nitrogens with one attached hydrogen (secondary N) is 3. The van der Waals surface area contributed by atoms with Gasteiger partial charge in [-0.05, 0) is 12.1 Å². The van der Waals surface area contributed by atoms with Crippen molar-refractivity contribution in [3.05, 3.63) is 40.7 Å². The zero-order valence-electron chi connectivity index (χ0n) is 11.3. The topological polar surface area (TPSA) is 130 Å². The molecule has 0 unspecified atom stereocenters. The molecule has 3 aromatic rings. The molecule has 1 amide bonds. The summed E-state index contributed by atoms with van der Waals surface area (Å²) in [6.45, 7) is 0. The maximum absolute atomic E-state index is 11.8. The zero-order valence-corrected chi connectivity index (χ0v) is 12.1. The highest BCUT2D eigenvalue weighted by atomic mass is 32.2. The highest BCUT2D eigenvalue weighted by molar-refractivity contribution is 7.99. The van der Waals surface area contributed by atoms with Gasteiger partial charge in [0.25, 0.3) is 5.56 Å². The van der Waals surface area contributed by atoms with E-state index in [0.29, 0.717) is 5.16 Å². The molecule has 9 heteroatoms. The lowest BCUT2D eigenvalue weighted by molar-refractivity contribution is -0.113. The molecule has 0 aliphatic heterocycles. The fraction of sp³-hybridized carbons (Fsp3) is 0.0769. The predicted molar refractivity (Wildman–Crippen MR) is 84.7 cm³/mol. The summed E-state index contributed by atoms with van der Waals surface area (Å²) < 4.78 is 0. The average Bonchev–Trinajstić information content (AvgIpc) is 2.89. The van der Waals surface area contributed by atoms with Crippen LogP contribution in [0.1, 0.15) is 0 Å². The van der Waals surface area contributed by atoms with E-state index in [0.717, 1.165) is 5.69 Å². The summed E-state index contributed by atoms with van der Waals surface area (Å²) in [7, 11) is 0. The molecule has 0 bridgehead atoms. The van der Waals surface area contributed by atoms with Gasteiger partial charge in [0.2, 0.25) is 11.9 Å². The molecule has 5 N–H and O–H groups in total. The second-order valence-electron chi connectivity index (χ2n) is 4.39. The van der Waals surface area contributed by atoms with Crippen LogP contribution in [0.25, 0.3) is 11.2 Å². The first-order valence-corrected chi connectivity index (χ1v) is 7.33. The molecule has 0 saturated carbocycles. The first-order valence-electron chi connectivity index (χ1n) is 6.35. The second-order valence-corrected chi connectivity index (χ2v) is 5.36. The van der Waals surface area contributed by atoms with Crippen LogP contribution < -0.4 is 16.6 Å². The summed E-state index contributed by atoms with van der Waals surface area (Å²) in [4.78, 5) is 36.7. The number of nitrogens with two attached hydrogens (primary N) is 1. The fourth-order valence-electron chi connectivity index (χ4n) is 1.82. The number of hydrogen-bond donors (Lipinski definition) is 4. The number of carbonyl (C=O) groups excluding carboxylic acids is 1. The molecular weight excluding hydrogens is 304 g/mol. The van der Waals surface area contributed by atoms with Gasteiger partial charge in [-0.2, -0.15) is 4.98 Å². The quantitative estimate of drug-likeness (QED) is 0.530. The van der Waals surface area contributed by atoms with Crippen molar-refractivity contribution in [3.8, 4) is 0 Å². The van der Waals surface area contributed by atoms with E-state index in [4.69, 9.17) is 5.73 Å². The summed E-state index contributed by atoms with van der Waals surface area (Å²) >= 11 is 1.18. The minimum Gasteiger partial charge on any atom is -0.369 e. The molecule has 112 valence electrons. The molecule has 22 heavy (non-hydrogen) atoms. The number of aromatic amines is 2. The summed E-state index contributed by atoms with van der Waals surface area (Å²) in [6.07, 6.45) is 0. The lowest BCUT2D eigenvalue weighted by Crippen LogP contribution is -2.13. The Morgan fingerprint density at radius 1 is 1.23 bits per heavy atom. The second kappa shape index (κ2) is 5.90. The average molecular weight is 316 g/mol. The maximum Gasteiger partial charge on any atom is 0.278 e. The molecule has 2 heterocycles. The Labute approximate surface area is 128 Å². The molecule has 0 spiro atoms. The number of rotatable bonds is 4. The van der Waals surface area contributed by atoms with E-state index in [-0.39, 0.29) is 28.8 Å². The number of H-pyrrole nitrogens is 2. The van der Waals surface area contributed by atoms with Gasteiger partial charge in [0.05, 0.1) is 5.75 Å². The van der Waals surface area contributed by atoms with Crippen LogP contribution in [0.15, 0.2) is 40.3 Å². The van der Waals surface area contributed by atoms with E-state index < -0.39 is 5.56 Å². The summed E-state index contributed by atoms with van der Waals surface area (Å²) in [5.74, 6) is -0.0114. The Bertz CT molecular complexity index is 873. The Morgan fingerprint density at radius 2 is 2.00 bits per heavy atom. The molecule has 3 rings (SSSR count). The normalized spacial score (nSPS) is 10.7. The molecule has 1 aromatic carbocycles. The molecule has 0 atom stereocenters. The van der Waals surface area contributed by atoms with E-state index in [2.05, 4.69) is 25.3 Å². The summed E-state index contributed by atoms with van der Waals surface area (Å²) in [5, 5.41) is 3.19. The first-order chi connectivity index (χ1) is 10.6. The number of benzene rings is 1. The van der Waals surface area contributed by atoms with Gasteiger partial charge < -0.3 is 16.0 Å². The van der Waals surface area contributed by atoms with Gasteiger partial charge in [0.1, 0.15) is 0 Å². The van der Waals surface area contributed by atoms with Crippen LogP contribution in [0.4, 0.5) is 11.6 Å². The number of amides is 1. The molecule has 0 aliphatic rings. The number of nitrogen functional groups attached to an aromatic ring is 1. The van der Waals surface area contributed by atoms with E-state index in [1.54, 1.807) is 12.1 Å². The number of nitrogens with zero attached hydrogens (tertiary/aromatic N) is 2. The van der Waals surface area contributed by atoms with Crippen molar-refractivity contribution in [2.24, 2.45) is 0 Å². The summed E-state index contributed by atoms with van der Waals surface area (Å²) in [6, 6.07) is 9.15. The minimum atomic E-state index is -0.393. The van der Waals surface area contributed by atoms with Crippen LogP contribution in [-0.2, 0) is 4.79 Å². The first kappa shape index (κ1) is 14.1. The molecule has 0 aliphatic carbocycles. The standard InChI is InChI=1S/C13H12N6O2S/c14-12-17-10-9(11(21)19-12)16-13(18-10)22-6-8(20)15-7-4-2-1-3-5-7/h1-5H,6H2,(H,15,20)(H4,14,16,17,18,19,21). The predicted octanol–water partition coefficient (Wildman–Crippen LogP) is 0.959. The van der Waals surface area contributed by atoms with Crippen LogP contribution in [-0.4, -0.2) is 31.6 Å². The van der Waals surface area contributed by atoms with Crippen molar-refractivity contribution >= 4 is 40.5 Å². The van der Waals surface area contributed by atoms with Crippen LogP contribution in [0.3, 0.4) is 0 Å². The molecule has 2 aromatic heterocycles. The van der Waals surface area contributed by atoms with Crippen molar-refractivity contribution < 1.29 is 4.79 Å². The van der Waals surface area contributed by atoms with E-state index in [1.807, 2.05) is 18.2 Å². The van der Waals surface area contributed by atoms with E-state index >= 15 is 0 Å². The third-order valence-corrected chi connectivity index (χ3v) is 3.63. The molecule has 0 radical (unpaired) electrons. The van der Waals surface area contributed by atoms with Crippen molar-refractivity contribution in [3.63, 3.8) is 0 Å². The van der Waals surface area contributed by atoms with Crippen molar-refractivity contribution in [1.82, 2.24) is 19.9 Å². The lowest BCUT2D eigenvalue weighted by Gasteiger charge is -2.03. The van der Waals surface area contributed by atoms with Crippen molar-refractivity contribution in [2.45, 2.75) is 5.16 Å². The third-order valence-electron chi connectivity index (χ3n) is 2.76. The van der Waals surface area contributed by atoms with Crippen LogP contribution >= 0.6 is 11.8 Å². The monoisotopic (exact) mass is 316 g/mol. The number of fused-ring (bicyclic) bond motifs is 1. The minimum absolute atomic E-state index is 0.00220. The van der Waals surface area contributed by atoms with Gasteiger partial charge >= 0.3 is 0 Å². The summed E-state index contributed by atoms with van der Waals surface area (Å²) in [5.41, 5.74) is 6.25. The van der Waals surface area contributed by atoms with Gasteiger partial charge in [-0.1, -0.05) is 30.0 Å². The molecular formula is C13H12N6O2S. The molecule has 0 saturated heterocycles. The van der Waals surface area contributed by atoms with Gasteiger partial charge in [-0.15, -0.1) is 0 Å². The highest BCUT2D eigenvalue weighted by Gasteiger charge is 2.11. The lowest BCUT2D eigenvalue weighted by atomic mass is 10.3. The molecule has 0 fully saturated rings. The van der Waals surface area contributed by atoms with Crippen LogP contribution in [0.2, 0.25) is 0 Å². The Kier molecular flexibility index (Phi) is 3.79. The smallest absolute Gasteiger partial charge is 0.278 e. The zero-order chi connectivity index (χ0) is 15.5. The van der Waals surface area contributed by atoms with Gasteiger partial charge in [0.15, 0.2) is 16.3 Å². The van der Waals surface area contributed by atoms with Crippen LogP contribution in [0.5, 0.6) is 0 Å². The van der Waals surface area contributed by atoms with Gasteiger partial charge in [-0.3, -0.25) is 14.6 Å². The number of thioether (sulfide) groups is 1.